The summed E-state index contributed by atoms with van der Waals surface area (Å²) >= 11 is 0. The van der Waals surface area contributed by atoms with Crippen LogP contribution in [0.15, 0.2) is 30.3 Å². The number of piperidine rings is 1. The average molecular weight is 290 g/mol. The first kappa shape index (κ1) is 15.5. The molecule has 0 atom stereocenters. The lowest BCUT2D eigenvalue weighted by Crippen LogP contribution is -2.59. The molecule has 1 aromatic carbocycles. The minimum Gasteiger partial charge on any atom is -0.480 e. The Morgan fingerprint density at radius 2 is 1.86 bits per heavy atom. The molecule has 1 aliphatic rings. The van der Waals surface area contributed by atoms with E-state index in [1.807, 2.05) is 18.2 Å². The highest BCUT2D eigenvalue weighted by Gasteiger charge is 2.42. The molecule has 0 spiro atoms. The number of nitrogens with one attached hydrogen (secondary N) is 1. The number of likely N-dealkylation sites (tertiary alicyclic amines) is 1. The van der Waals surface area contributed by atoms with Crippen LogP contribution in [-0.2, 0) is 16.0 Å². The summed E-state index contributed by atoms with van der Waals surface area (Å²) in [6.45, 7) is 3.67. The van der Waals surface area contributed by atoms with E-state index < -0.39 is 11.5 Å². The molecule has 2 N–H and O–H groups in total. The van der Waals surface area contributed by atoms with E-state index in [4.69, 9.17) is 0 Å². The Hall–Kier alpha value is -1.88. The first-order valence-corrected chi connectivity index (χ1v) is 7.30. The van der Waals surface area contributed by atoms with Crippen LogP contribution in [0.3, 0.4) is 0 Å². The molecule has 21 heavy (non-hydrogen) atoms. The topological polar surface area (TPSA) is 69.6 Å². The highest BCUT2D eigenvalue weighted by molar-refractivity contribution is 5.86. The van der Waals surface area contributed by atoms with E-state index in [1.165, 1.54) is 12.5 Å². The molecule has 0 radical (unpaired) electrons. The SMILES string of the molecule is CC(=O)NC1(C(=O)O)CCN(CCc2ccccc2)CC1. The number of carboxylic acids is 1. The van der Waals surface area contributed by atoms with Gasteiger partial charge in [0.25, 0.3) is 0 Å². The molecule has 5 heteroatoms. The minimum absolute atomic E-state index is 0.282. The molecule has 1 saturated heterocycles. The number of carbonyl (C=O) groups is 2. The molecule has 0 aromatic heterocycles. The largest absolute Gasteiger partial charge is 0.480 e. The summed E-state index contributed by atoms with van der Waals surface area (Å²) in [5.41, 5.74) is 0.198. The van der Waals surface area contributed by atoms with Crippen molar-refractivity contribution in [3.05, 3.63) is 35.9 Å². The van der Waals surface area contributed by atoms with E-state index in [0.717, 1.165) is 13.0 Å². The number of carboxylic acid groups (broad SMARTS) is 1. The van der Waals surface area contributed by atoms with Gasteiger partial charge in [-0.25, -0.2) is 4.79 Å². The molecule has 1 aromatic rings. The Balaban J connectivity index is 1.87. The van der Waals surface area contributed by atoms with Crippen molar-refractivity contribution in [2.75, 3.05) is 19.6 Å². The summed E-state index contributed by atoms with van der Waals surface area (Å²) in [6.07, 6.45) is 1.87. The number of aliphatic carboxylic acids is 1. The van der Waals surface area contributed by atoms with Crippen LogP contribution < -0.4 is 5.32 Å². The van der Waals surface area contributed by atoms with Crippen LogP contribution in [0.2, 0.25) is 0 Å². The van der Waals surface area contributed by atoms with Crippen molar-refractivity contribution in [2.24, 2.45) is 0 Å². The lowest BCUT2D eigenvalue weighted by Gasteiger charge is -2.39. The third-order valence-corrected chi connectivity index (χ3v) is 4.09. The van der Waals surface area contributed by atoms with Gasteiger partial charge in [-0.2, -0.15) is 0 Å². The number of amides is 1. The second kappa shape index (κ2) is 6.72. The fourth-order valence-corrected chi connectivity index (χ4v) is 2.82. The molecule has 114 valence electrons. The fraction of sp³-hybridized carbons (Fsp3) is 0.500. The molecule has 1 aliphatic heterocycles. The molecule has 2 rings (SSSR count). The van der Waals surface area contributed by atoms with Crippen molar-refractivity contribution >= 4 is 11.9 Å². The Bertz CT molecular complexity index is 494. The molecular formula is C16H22N2O3. The zero-order valence-electron chi connectivity index (χ0n) is 12.3. The summed E-state index contributed by atoms with van der Waals surface area (Å²) in [7, 11) is 0. The molecule has 1 fully saturated rings. The van der Waals surface area contributed by atoms with Gasteiger partial charge in [-0.05, 0) is 24.8 Å². The molecule has 5 nitrogen and oxygen atoms in total. The van der Waals surface area contributed by atoms with E-state index in [9.17, 15) is 14.7 Å². The van der Waals surface area contributed by atoms with Crippen molar-refractivity contribution in [2.45, 2.75) is 31.7 Å². The van der Waals surface area contributed by atoms with Crippen molar-refractivity contribution in [3.63, 3.8) is 0 Å². The summed E-state index contributed by atoms with van der Waals surface area (Å²) in [5.74, 6) is -1.21. The number of hydrogen-bond acceptors (Lipinski definition) is 3. The van der Waals surface area contributed by atoms with Gasteiger partial charge < -0.3 is 15.3 Å². The average Bonchev–Trinajstić information content (AvgIpc) is 2.47. The number of carbonyl (C=O) groups excluding carboxylic acids is 1. The van der Waals surface area contributed by atoms with Gasteiger partial charge in [0, 0.05) is 26.6 Å². The van der Waals surface area contributed by atoms with E-state index in [2.05, 4.69) is 22.3 Å². The number of hydrogen-bond donors (Lipinski definition) is 2. The maximum atomic E-state index is 11.5. The third kappa shape index (κ3) is 4.04. The lowest BCUT2D eigenvalue weighted by molar-refractivity contribution is -0.149. The Labute approximate surface area is 125 Å². The fourth-order valence-electron chi connectivity index (χ4n) is 2.82. The number of benzene rings is 1. The zero-order chi connectivity index (χ0) is 15.3. The minimum atomic E-state index is -1.09. The predicted octanol–water partition coefficient (Wildman–Crippen LogP) is 1.28. The summed E-state index contributed by atoms with van der Waals surface area (Å²) < 4.78 is 0. The third-order valence-electron chi connectivity index (χ3n) is 4.09. The smallest absolute Gasteiger partial charge is 0.329 e. The first-order chi connectivity index (χ1) is 10.0. The van der Waals surface area contributed by atoms with Crippen LogP contribution in [0.1, 0.15) is 25.3 Å². The van der Waals surface area contributed by atoms with Gasteiger partial charge >= 0.3 is 5.97 Å². The second-order valence-electron chi connectivity index (χ2n) is 5.65. The Morgan fingerprint density at radius 3 is 2.38 bits per heavy atom. The van der Waals surface area contributed by atoms with Crippen LogP contribution in [0.4, 0.5) is 0 Å². The van der Waals surface area contributed by atoms with E-state index in [-0.39, 0.29) is 5.91 Å². The lowest BCUT2D eigenvalue weighted by atomic mass is 9.87. The van der Waals surface area contributed by atoms with Crippen LogP contribution in [0.25, 0.3) is 0 Å². The van der Waals surface area contributed by atoms with Crippen molar-refractivity contribution in [1.29, 1.82) is 0 Å². The van der Waals surface area contributed by atoms with Gasteiger partial charge in [-0.1, -0.05) is 30.3 Å². The predicted molar refractivity (Wildman–Crippen MR) is 80.0 cm³/mol. The molecule has 1 heterocycles. The number of rotatable bonds is 5. The molecule has 0 saturated carbocycles. The second-order valence-corrected chi connectivity index (χ2v) is 5.65. The van der Waals surface area contributed by atoms with Crippen molar-refractivity contribution in [3.8, 4) is 0 Å². The van der Waals surface area contributed by atoms with Gasteiger partial charge in [0.2, 0.25) is 5.91 Å². The standard InChI is InChI=1S/C16H22N2O3/c1-13(19)17-16(15(20)21)8-11-18(12-9-16)10-7-14-5-3-2-4-6-14/h2-6H,7-12H2,1H3,(H,17,19)(H,20,21). The maximum Gasteiger partial charge on any atom is 0.329 e. The van der Waals surface area contributed by atoms with Crippen molar-refractivity contribution in [1.82, 2.24) is 10.2 Å². The van der Waals surface area contributed by atoms with E-state index in [1.54, 1.807) is 0 Å². The van der Waals surface area contributed by atoms with Crippen LogP contribution in [0, 0.1) is 0 Å². The first-order valence-electron chi connectivity index (χ1n) is 7.30. The van der Waals surface area contributed by atoms with Crippen LogP contribution in [-0.4, -0.2) is 47.1 Å². The van der Waals surface area contributed by atoms with Gasteiger partial charge in [0.1, 0.15) is 5.54 Å². The summed E-state index contributed by atoms with van der Waals surface area (Å²) in [6, 6.07) is 10.3. The van der Waals surface area contributed by atoms with Crippen LogP contribution >= 0.6 is 0 Å². The van der Waals surface area contributed by atoms with Gasteiger partial charge in [-0.15, -0.1) is 0 Å². The highest BCUT2D eigenvalue weighted by atomic mass is 16.4. The van der Waals surface area contributed by atoms with Gasteiger partial charge in [0.05, 0.1) is 0 Å². The molecule has 1 amide bonds. The molecule has 0 aliphatic carbocycles. The monoisotopic (exact) mass is 290 g/mol. The summed E-state index contributed by atoms with van der Waals surface area (Å²) in [4.78, 5) is 25.0. The Morgan fingerprint density at radius 1 is 1.24 bits per heavy atom. The van der Waals surface area contributed by atoms with E-state index >= 15 is 0 Å². The van der Waals surface area contributed by atoms with E-state index in [0.29, 0.717) is 25.9 Å². The Kier molecular flexibility index (Phi) is 4.96. The highest BCUT2D eigenvalue weighted by Crippen LogP contribution is 2.23. The summed E-state index contributed by atoms with van der Waals surface area (Å²) in [5, 5.41) is 12.0. The van der Waals surface area contributed by atoms with Gasteiger partial charge in [-0.3, -0.25) is 4.79 Å². The van der Waals surface area contributed by atoms with Crippen molar-refractivity contribution < 1.29 is 14.7 Å². The zero-order valence-corrected chi connectivity index (χ0v) is 12.3. The van der Waals surface area contributed by atoms with Gasteiger partial charge in [0.15, 0.2) is 0 Å². The molecule has 0 unspecified atom stereocenters. The quantitative estimate of drug-likeness (QED) is 0.857. The van der Waals surface area contributed by atoms with Crippen LogP contribution in [0.5, 0.6) is 0 Å². The molecular weight excluding hydrogens is 268 g/mol. The normalized spacial score (nSPS) is 18.1. The maximum absolute atomic E-state index is 11.5. The molecule has 0 bridgehead atoms. The number of nitrogens with zero attached hydrogens (tertiary/aromatic N) is 1.